The van der Waals surface area contributed by atoms with Crippen molar-refractivity contribution in [2.45, 2.75) is 42.0 Å². The first-order valence-corrected chi connectivity index (χ1v) is 9.76. The average molecular weight is 463 g/mol. The Hall–Kier alpha value is -1.47. The van der Waals surface area contributed by atoms with Crippen LogP contribution >= 0.6 is 12.6 Å². The molecule has 27 heavy (non-hydrogen) atoms. The molecule has 3 rings (SSSR count). The van der Waals surface area contributed by atoms with E-state index in [9.17, 15) is 15.0 Å². The molecular weight excluding hydrogens is 443 g/mol. The fourth-order valence-electron chi connectivity index (χ4n) is 2.74. The molecule has 0 amide bonds. The first-order valence-electron chi connectivity index (χ1n) is 8.04. The average Bonchev–Trinajstić information content (AvgIpc) is 3.18. The number of aliphatic hydroxyl groups excluding tert-OH is 2. The van der Waals surface area contributed by atoms with Crippen LogP contribution in [0.2, 0.25) is 0 Å². The van der Waals surface area contributed by atoms with Crippen molar-refractivity contribution >= 4 is 51.6 Å². The van der Waals surface area contributed by atoms with E-state index in [1.54, 1.807) is 0 Å². The molecule has 0 aromatic carbocycles. The number of hydrogen-bond donors (Lipinski definition) is 5. The predicted molar refractivity (Wildman–Crippen MR) is 99.1 cm³/mol. The number of nitrogens with two attached hydrogens (primary N) is 2. The van der Waals surface area contributed by atoms with Crippen LogP contribution in [0.1, 0.15) is 12.6 Å². The molecule has 6 atom stereocenters. The molecule has 11 nitrogen and oxygen atoms in total. The van der Waals surface area contributed by atoms with E-state index in [2.05, 4.69) is 43.6 Å². The molecule has 1 aliphatic rings. The van der Waals surface area contributed by atoms with Gasteiger partial charge in [0.1, 0.15) is 0 Å². The van der Waals surface area contributed by atoms with E-state index in [4.69, 9.17) is 20.9 Å². The summed E-state index contributed by atoms with van der Waals surface area (Å²) in [6.45, 7) is 0. The molecule has 1 fully saturated rings. The van der Waals surface area contributed by atoms with Gasteiger partial charge in [-0.3, -0.25) is 0 Å². The van der Waals surface area contributed by atoms with Crippen LogP contribution in [-0.2, 0) is 14.3 Å². The summed E-state index contributed by atoms with van der Waals surface area (Å²) in [5.74, 6) is -0.0286. The number of anilines is 1. The van der Waals surface area contributed by atoms with Gasteiger partial charge in [0.15, 0.2) is 0 Å². The molecule has 3 heterocycles. The maximum absolute atomic E-state index is 12.0. The molecule has 1 unspecified atom stereocenters. The summed E-state index contributed by atoms with van der Waals surface area (Å²) < 4.78 is 12.4. The summed E-state index contributed by atoms with van der Waals surface area (Å²) in [4.78, 5) is 24.0. The zero-order chi connectivity index (χ0) is 19.7. The summed E-state index contributed by atoms with van der Waals surface area (Å²) in [7, 11) is 0. The van der Waals surface area contributed by atoms with Crippen LogP contribution in [0.5, 0.6) is 0 Å². The van der Waals surface area contributed by atoms with Crippen LogP contribution in [0.4, 0.5) is 5.82 Å². The number of fused-ring (bicyclic) bond motifs is 1. The first kappa shape index (κ1) is 20.3. The Bertz CT molecular complexity index is 824. The van der Waals surface area contributed by atoms with Gasteiger partial charge in [-0.2, -0.15) is 0 Å². The van der Waals surface area contributed by atoms with Gasteiger partial charge in [0.05, 0.1) is 0 Å². The number of carbonyl (C=O) groups is 1. The summed E-state index contributed by atoms with van der Waals surface area (Å²) in [6.07, 6.45) is -1.62. The Morgan fingerprint density at radius 3 is 2.85 bits per heavy atom. The Morgan fingerprint density at radius 2 is 2.15 bits per heavy atom. The maximum atomic E-state index is 12.0. The van der Waals surface area contributed by atoms with Gasteiger partial charge in [-0.25, -0.2) is 0 Å². The zero-order valence-electron chi connectivity index (χ0n) is 14.0. The summed E-state index contributed by atoms with van der Waals surface area (Å²) >= 11 is 6.11. The number of imidazole rings is 1. The van der Waals surface area contributed by atoms with E-state index in [1.165, 1.54) is 17.2 Å². The number of nitrogen functional groups attached to an aromatic ring is 1. The van der Waals surface area contributed by atoms with Crippen LogP contribution in [0.15, 0.2) is 12.7 Å². The van der Waals surface area contributed by atoms with Crippen molar-refractivity contribution in [3.8, 4) is 0 Å². The van der Waals surface area contributed by atoms with Crippen molar-refractivity contribution < 1.29 is 24.5 Å². The second kappa shape index (κ2) is 8.27. The third-order valence-electron chi connectivity index (χ3n) is 4.20. The molecule has 148 valence electrons. The van der Waals surface area contributed by atoms with E-state index < -0.39 is 41.6 Å². The van der Waals surface area contributed by atoms with Gasteiger partial charge in [-0.05, 0) is 0 Å². The second-order valence-electron chi connectivity index (χ2n) is 6.00. The quantitative estimate of drug-likeness (QED) is 0.174. The van der Waals surface area contributed by atoms with Gasteiger partial charge in [-0.15, -0.1) is 0 Å². The van der Waals surface area contributed by atoms with Gasteiger partial charge in [0.25, 0.3) is 0 Å². The number of carbonyl (C=O) groups excluding carboxylic acids is 1. The third-order valence-corrected chi connectivity index (χ3v) is 5.29. The Kier molecular flexibility index (Phi) is 6.21. The Morgan fingerprint density at radius 1 is 1.41 bits per heavy atom. The van der Waals surface area contributed by atoms with Crippen LogP contribution in [-0.4, -0.2) is 86.8 Å². The molecule has 0 saturated carbocycles. The summed E-state index contributed by atoms with van der Waals surface area (Å²) in [6, 6.07) is -0.828. The van der Waals surface area contributed by atoms with Crippen molar-refractivity contribution in [3.63, 3.8) is 0 Å². The SMILES string of the molecule is Nc1ncnc2c1ncn2[C@@H]1O[C@H](C([SeH])OC(=O)[C@@H](N)CCS)[C@@H](O)[C@H]1O. The number of esters is 1. The minimum absolute atomic E-state index is 0.181. The van der Waals surface area contributed by atoms with Crippen molar-refractivity contribution in [2.24, 2.45) is 5.73 Å². The van der Waals surface area contributed by atoms with Crippen molar-refractivity contribution in [1.29, 1.82) is 0 Å². The monoisotopic (exact) mass is 464 g/mol. The number of aliphatic hydroxyl groups is 2. The molecule has 13 heteroatoms. The number of thiol groups is 1. The molecular formula is C14H20N6O5SSe. The van der Waals surface area contributed by atoms with Gasteiger partial charge in [-0.1, -0.05) is 0 Å². The molecule has 2 aromatic heterocycles. The fourth-order valence-corrected chi connectivity index (χ4v) is 3.75. The molecule has 6 N–H and O–H groups in total. The topological polar surface area (TPSA) is 172 Å². The predicted octanol–water partition coefficient (Wildman–Crippen LogP) is -2.55. The van der Waals surface area contributed by atoms with Crippen LogP contribution in [0.3, 0.4) is 0 Å². The molecule has 0 aliphatic carbocycles. The number of ether oxygens (including phenoxy) is 2. The van der Waals surface area contributed by atoms with Crippen molar-refractivity contribution in [1.82, 2.24) is 19.5 Å². The van der Waals surface area contributed by atoms with E-state index in [1.807, 2.05) is 0 Å². The molecule has 0 radical (unpaired) electrons. The fraction of sp³-hybridized carbons (Fsp3) is 0.571. The van der Waals surface area contributed by atoms with Crippen LogP contribution < -0.4 is 11.5 Å². The second-order valence-corrected chi connectivity index (χ2v) is 7.52. The molecule has 1 aliphatic heterocycles. The standard InChI is InChI=1S/C14H20N6O5SSe/c15-5(1-2-26)13(23)25-14(27)9-7(21)8(22)12(24-9)20-4-19-6-10(16)17-3-18-11(6)20/h3-5,7-9,12,14,21-22,26-27H,1-2,15H2,(H2,16,17,18)/t5-,7-,8+,9-,12+,14?/m0/s1. The normalized spacial score (nSPS) is 27.6. The molecule has 0 bridgehead atoms. The third kappa shape index (κ3) is 3.90. The van der Waals surface area contributed by atoms with E-state index in [0.717, 1.165) is 0 Å². The summed E-state index contributed by atoms with van der Waals surface area (Å²) in [5.41, 5.74) is 12.1. The van der Waals surface area contributed by atoms with Crippen LogP contribution in [0, 0.1) is 0 Å². The van der Waals surface area contributed by atoms with E-state index >= 15 is 0 Å². The van der Waals surface area contributed by atoms with Crippen molar-refractivity contribution in [3.05, 3.63) is 12.7 Å². The first-order chi connectivity index (χ1) is 12.8. The molecule has 2 aromatic rings. The molecule has 1 saturated heterocycles. The van der Waals surface area contributed by atoms with Crippen LogP contribution in [0.25, 0.3) is 11.2 Å². The number of nitrogens with zero attached hydrogens (tertiary/aromatic N) is 4. The molecule has 0 spiro atoms. The van der Waals surface area contributed by atoms with Gasteiger partial charge in [0, 0.05) is 0 Å². The number of rotatable bonds is 6. The van der Waals surface area contributed by atoms with E-state index in [0.29, 0.717) is 23.3 Å². The minimum atomic E-state index is -1.31. The van der Waals surface area contributed by atoms with E-state index in [-0.39, 0.29) is 5.82 Å². The Balaban J connectivity index is 1.77. The Labute approximate surface area is 167 Å². The van der Waals surface area contributed by atoms with Gasteiger partial charge in [0.2, 0.25) is 0 Å². The number of hydrogen-bond acceptors (Lipinski definition) is 11. The zero-order valence-corrected chi connectivity index (χ0v) is 16.8. The summed E-state index contributed by atoms with van der Waals surface area (Å²) in [5, 5.41) is 19.9. The van der Waals surface area contributed by atoms with Crippen molar-refractivity contribution in [2.75, 3.05) is 11.5 Å². The van der Waals surface area contributed by atoms with Gasteiger partial charge < -0.3 is 0 Å². The number of aromatic nitrogens is 4. The van der Waals surface area contributed by atoms with Gasteiger partial charge >= 0.3 is 167 Å².